The fourth-order valence-electron chi connectivity index (χ4n) is 3.20. The van der Waals surface area contributed by atoms with Gasteiger partial charge in [0, 0.05) is 5.56 Å². The molecule has 0 unspecified atom stereocenters. The first kappa shape index (κ1) is 20.6. The normalized spacial score (nSPS) is 10.8. The van der Waals surface area contributed by atoms with Crippen molar-refractivity contribution in [3.05, 3.63) is 76.4 Å². The lowest BCUT2D eigenvalue weighted by Crippen LogP contribution is -2.33. The number of nitrogens with one attached hydrogen (secondary N) is 2. The Bertz CT molecular complexity index is 1280. The first-order valence-electron chi connectivity index (χ1n) is 9.59. The van der Waals surface area contributed by atoms with Crippen LogP contribution in [0.3, 0.4) is 0 Å². The number of aromatic nitrogens is 2. The summed E-state index contributed by atoms with van der Waals surface area (Å²) in [5.74, 6) is -0.823. The molecule has 8 heteroatoms. The van der Waals surface area contributed by atoms with Gasteiger partial charge >= 0.3 is 0 Å². The minimum absolute atomic E-state index is 0.224. The van der Waals surface area contributed by atoms with Crippen molar-refractivity contribution in [2.45, 2.75) is 13.8 Å². The van der Waals surface area contributed by atoms with Gasteiger partial charge in [-0.2, -0.15) is 0 Å². The van der Waals surface area contributed by atoms with Crippen molar-refractivity contribution >= 4 is 40.2 Å². The van der Waals surface area contributed by atoms with Crippen molar-refractivity contribution < 1.29 is 14.1 Å². The minimum atomic E-state index is -0.430. The summed E-state index contributed by atoms with van der Waals surface area (Å²) in [6, 6.07) is 16.4. The maximum absolute atomic E-state index is 12.9. The molecule has 0 spiro atoms. The van der Waals surface area contributed by atoms with Gasteiger partial charge in [0.25, 0.3) is 11.6 Å². The highest BCUT2D eigenvalue weighted by Crippen LogP contribution is 2.27. The van der Waals surface area contributed by atoms with Crippen LogP contribution < -0.4 is 10.6 Å². The summed E-state index contributed by atoms with van der Waals surface area (Å²) in [6.45, 7) is 3.42. The van der Waals surface area contributed by atoms with Crippen LogP contribution in [0.2, 0.25) is 5.02 Å². The van der Waals surface area contributed by atoms with Crippen LogP contribution in [0.1, 0.15) is 21.6 Å². The third-order valence-corrected chi connectivity index (χ3v) is 5.05. The lowest BCUT2D eigenvalue weighted by atomic mass is 10.1. The van der Waals surface area contributed by atoms with E-state index < -0.39 is 11.8 Å². The van der Waals surface area contributed by atoms with E-state index in [1.807, 2.05) is 43.3 Å². The van der Waals surface area contributed by atoms with E-state index in [-0.39, 0.29) is 12.3 Å². The molecule has 31 heavy (non-hydrogen) atoms. The number of carbonyl (C=O) groups is 2. The van der Waals surface area contributed by atoms with Crippen molar-refractivity contribution in [2.75, 3.05) is 11.9 Å². The molecule has 2 aromatic carbocycles. The topological polar surface area (TPSA) is 97.1 Å². The van der Waals surface area contributed by atoms with E-state index in [1.54, 1.807) is 25.1 Å². The minimum Gasteiger partial charge on any atom is -0.343 e. The molecule has 0 saturated heterocycles. The largest absolute Gasteiger partial charge is 0.343 e. The zero-order valence-corrected chi connectivity index (χ0v) is 17.7. The number of benzene rings is 2. The van der Waals surface area contributed by atoms with Crippen LogP contribution >= 0.6 is 11.6 Å². The highest BCUT2D eigenvalue weighted by Gasteiger charge is 2.20. The van der Waals surface area contributed by atoms with Crippen LogP contribution in [0.4, 0.5) is 5.69 Å². The maximum atomic E-state index is 12.9. The van der Waals surface area contributed by atoms with Gasteiger partial charge in [-0.25, -0.2) is 4.98 Å². The highest BCUT2D eigenvalue weighted by molar-refractivity contribution is 6.33. The van der Waals surface area contributed by atoms with Gasteiger partial charge in [-0.1, -0.05) is 53.2 Å². The Hall–Kier alpha value is -3.71. The molecule has 2 heterocycles. The zero-order chi connectivity index (χ0) is 22.0. The lowest BCUT2D eigenvalue weighted by Gasteiger charge is -2.10. The number of aryl methyl sites for hydroxylation is 2. The first-order chi connectivity index (χ1) is 14.9. The average molecular weight is 435 g/mol. The molecule has 4 aromatic rings. The van der Waals surface area contributed by atoms with Crippen LogP contribution in [0.15, 0.2) is 59.1 Å². The van der Waals surface area contributed by atoms with Gasteiger partial charge in [-0.3, -0.25) is 9.59 Å². The Labute approximate surface area is 183 Å². The van der Waals surface area contributed by atoms with E-state index >= 15 is 0 Å². The molecule has 2 aromatic heterocycles. The standard InChI is InChI=1S/C23H19ClN4O3/c1-13-8-9-18(17(24)10-13)26-20(29)12-25-22(30)16-11-19(15-6-4-3-5-7-15)27-23-21(16)14(2)28-31-23/h3-11H,12H2,1-2H3,(H,25,30)(H,26,29). The number of amides is 2. The smallest absolute Gasteiger partial charge is 0.259 e. The third kappa shape index (κ3) is 4.41. The SMILES string of the molecule is Cc1ccc(NC(=O)CNC(=O)c2cc(-c3ccccc3)nc3onc(C)c23)c(Cl)c1. The van der Waals surface area contributed by atoms with Gasteiger partial charge in [0.1, 0.15) is 0 Å². The average Bonchev–Trinajstić information content (AvgIpc) is 3.15. The van der Waals surface area contributed by atoms with E-state index in [4.69, 9.17) is 16.1 Å². The number of carbonyl (C=O) groups excluding carboxylic acids is 2. The van der Waals surface area contributed by atoms with Crippen molar-refractivity contribution in [1.29, 1.82) is 0 Å². The van der Waals surface area contributed by atoms with E-state index in [2.05, 4.69) is 20.8 Å². The summed E-state index contributed by atoms with van der Waals surface area (Å²) in [5.41, 5.74) is 4.02. The molecule has 2 amide bonds. The molecule has 0 aliphatic rings. The second kappa shape index (κ2) is 8.57. The summed E-state index contributed by atoms with van der Waals surface area (Å²) in [6.07, 6.45) is 0. The summed E-state index contributed by atoms with van der Waals surface area (Å²) >= 11 is 6.15. The molecule has 156 valence electrons. The molecule has 4 rings (SSSR count). The van der Waals surface area contributed by atoms with Crippen LogP contribution in [0, 0.1) is 13.8 Å². The molecular formula is C23H19ClN4O3. The Kier molecular flexibility index (Phi) is 5.68. The van der Waals surface area contributed by atoms with Crippen molar-refractivity contribution in [3.63, 3.8) is 0 Å². The van der Waals surface area contributed by atoms with E-state index in [0.29, 0.717) is 33.0 Å². The Morgan fingerprint density at radius 2 is 1.84 bits per heavy atom. The zero-order valence-electron chi connectivity index (χ0n) is 16.9. The van der Waals surface area contributed by atoms with Crippen molar-refractivity contribution in [3.8, 4) is 11.3 Å². The predicted octanol–water partition coefficient (Wildman–Crippen LogP) is 4.53. The number of hydrogen-bond acceptors (Lipinski definition) is 5. The number of hydrogen-bond donors (Lipinski definition) is 2. The number of anilines is 1. The maximum Gasteiger partial charge on any atom is 0.259 e. The third-order valence-electron chi connectivity index (χ3n) is 4.74. The second-order valence-electron chi connectivity index (χ2n) is 7.08. The molecule has 0 atom stereocenters. The van der Waals surface area contributed by atoms with E-state index in [1.165, 1.54) is 0 Å². The summed E-state index contributed by atoms with van der Waals surface area (Å²) in [7, 11) is 0. The number of pyridine rings is 1. The van der Waals surface area contributed by atoms with Crippen molar-refractivity contribution in [2.24, 2.45) is 0 Å². The number of halogens is 1. The molecule has 0 aliphatic carbocycles. The van der Waals surface area contributed by atoms with Crippen LogP contribution in [-0.4, -0.2) is 28.5 Å². The fourth-order valence-corrected chi connectivity index (χ4v) is 3.48. The van der Waals surface area contributed by atoms with Crippen LogP contribution in [0.25, 0.3) is 22.4 Å². The summed E-state index contributed by atoms with van der Waals surface area (Å²) in [4.78, 5) is 29.7. The van der Waals surface area contributed by atoms with Gasteiger partial charge in [-0.15, -0.1) is 0 Å². The van der Waals surface area contributed by atoms with Gasteiger partial charge in [0.2, 0.25) is 5.91 Å². The second-order valence-corrected chi connectivity index (χ2v) is 7.49. The quantitative estimate of drug-likeness (QED) is 0.481. The number of fused-ring (bicyclic) bond motifs is 1. The van der Waals surface area contributed by atoms with Gasteiger partial charge in [0.15, 0.2) is 0 Å². The molecule has 0 fully saturated rings. The first-order valence-corrected chi connectivity index (χ1v) is 9.97. The molecule has 7 nitrogen and oxygen atoms in total. The molecular weight excluding hydrogens is 416 g/mol. The number of rotatable bonds is 5. The van der Waals surface area contributed by atoms with E-state index in [9.17, 15) is 9.59 Å². The summed E-state index contributed by atoms with van der Waals surface area (Å²) < 4.78 is 5.29. The molecule has 0 aliphatic heterocycles. The molecule has 0 bridgehead atoms. The highest BCUT2D eigenvalue weighted by atomic mass is 35.5. The van der Waals surface area contributed by atoms with Crippen molar-refractivity contribution in [1.82, 2.24) is 15.5 Å². The molecule has 2 N–H and O–H groups in total. The molecule has 0 saturated carbocycles. The predicted molar refractivity (Wildman–Crippen MR) is 119 cm³/mol. The lowest BCUT2D eigenvalue weighted by molar-refractivity contribution is -0.115. The monoisotopic (exact) mass is 434 g/mol. The van der Waals surface area contributed by atoms with Crippen LogP contribution in [-0.2, 0) is 4.79 Å². The Morgan fingerprint density at radius 1 is 1.06 bits per heavy atom. The Balaban J connectivity index is 1.55. The Morgan fingerprint density at radius 3 is 2.58 bits per heavy atom. The number of nitrogens with zero attached hydrogens (tertiary/aromatic N) is 2. The van der Waals surface area contributed by atoms with Gasteiger partial charge < -0.3 is 15.2 Å². The van der Waals surface area contributed by atoms with Gasteiger partial charge in [-0.05, 0) is 37.6 Å². The fraction of sp³-hybridized carbons (Fsp3) is 0.130. The molecule has 0 radical (unpaired) electrons. The summed E-state index contributed by atoms with van der Waals surface area (Å²) in [5, 5.41) is 10.2. The van der Waals surface area contributed by atoms with E-state index in [0.717, 1.165) is 11.1 Å². The van der Waals surface area contributed by atoms with Crippen LogP contribution in [0.5, 0.6) is 0 Å². The van der Waals surface area contributed by atoms with Gasteiger partial charge in [0.05, 0.1) is 39.6 Å².